The monoisotopic (exact) mass is 510 g/mol. The smallest absolute Gasteiger partial charge is 0.317 e. The van der Waals surface area contributed by atoms with E-state index < -0.39 is 5.82 Å². The first-order valence-corrected chi connectivity index (χ1v) is 12.8. The molecule has 0 radical (unpaired) electrons. The Morgan fingerprint density at radius 2 is 2.17 bits per heavy atom. The summed E-state index contributed by atoms with van der Waals surface area (Å²) in [6.07, 6.45) is 4.24. The summed E-state index contributed by atoms with van der Waals surface area (Å²) in [4.78, 5) is 15.9. The van der Waals surface area contributed by atoms with E-state index in [0.29, 0.717) is 46.5 Å². The Bertz CT molecular complexity index is 1490. The van der Waals surface area contributed by atoms with E-state index in [1.54, 1.807) is 12.1 Å². The van der Waals surface area contributed by atoms with Crippen LogP contribution in [0.5, 0.6) is 6.01 Å². The highest BCUT2D eigenvalue weighted by Gasteiger charge is 2.25. The van der Waals surface area contributed by atoms with Crippen molar-refractivity contribution in [3.05, 3.63) is 46.9 Å². The van der Waals surface area contributed by atoms with E-state index in [1.165, 1.54) is 11.3 Å². The Kier molecular flexibility index (Phi) is 5.80. The summed E-state index contributed by atoms with van der Waals surface area (Å²) in [6, 6.07) is 7.77. The minimum Gasteiger partial charge on any atom is -0.462 e. The molecule has 0 spiro atoms. The molecule has 1 atom stereocenters. The van der Waals surface area contributed by atoms with Crippen LogP contribution >= 0.6 is 22.9 Å². The summed E-state index contributed by atoms with van der Waals surface area (Å²) in [5.74, 6) is -0.524. The standard InChI is InChI=1S/C25H24ClFN6OS/c1-33-9-3-4-14(33)12-34-25-31-21(13-7-8-29-11-13)16-10-17(26)19(20(27)23(16)32-25)15-5-2-6-18-22(15)30-24(28)35-18/h2,5-7,10,14,29H,3-4,8-9,11-12H2,1H3,(H2,28,30)/t14-/m0/s1. The molecular formula is C25H24ClFN6OS. The van der Waals surface area contributed by atoms with Crippen LogP contribution in [0.2, 0.25) is 5.02 Å². The predicted molar refractivity (Wildman–Crippen MR) is 140 cm³/mol. The van der Waals surface area contributed by atoms with E-state index in [-0.39, 0.29) is 22.1 Å². The number of halogens is 2. The number of hydrogen-bond donors (Lipinski definition) is 2. The van der Waals surface area contributed by atoms with Crippen molar-refractivity contribution in [2.45, 2.75) is 18.9 Å². The van der Waals surface area contributed by atoms with Gasteiger partial charge in [-0.05, 0) is 44.1 Å². The van der Waals surface area contributed by atoms with E-state index in [0.717, 1.165) is 36.2 Å². The Morgan fingerprint density at radius 3 is 2.94 bits per heavy atom. The molecule has 3 N–H and O–H groups in total. The van der Waals surface area contributed by atoms with Crippen LogP contribution in [-0.2, 0) is 0 Å². The van der Waals surface area contributed by atoms with Crippen molar-refractivity contribution >= 4 is 54.8 Å². The van der Waals surface area contributed by atoms with Crippen molar-refractivity contribution in [2.24, 2.45) is 0 Å². The number of likely N-dealkylation sites (tertiary alicyclic amines) is 1. The van der Waals surface area contributed by atoms with Gasteiger partial charge in [-0.1, -0.05) is 41.1 Å². The van der Waals surface area contributed by atoms with E-state index in [1.807, 2.05) is 12.1 Å². The highest BCUT2D eigenvalue weighted by Crippen LogP contribution is 2.41. The Balaban J connectivity index is 1.52. The highest BCUT2D eigenvalue weighted by molar-refractivity contribution is 7.22. The summed E-state index contributed by atoms with van der Waals surface area (Å²) in [6.45, 7) is 2.86. The third kappa shape index (κ3) is 4.02. The number of rotatable bonds is 5. The van der Waals surface area contributed by atoms with Crippen molar-refractivity contribution in [1.82, 2.24) is 25.2 Å². The second-order valence-electron chi connectivity index (χ2n) is 8.95. The van der Waals surface area contributed by atoms with Crippen LogP contribution in [0.25, 0.3) is 37.8 Å². The van der Waals surface area contributed by atoms with Gasteiger partial charge < -0.3 is 20.7 Å². The van der Waals surface area contributed by atoms with E-state index in [2.05, 4.69) is 33.3 Å². The predicted octanol–water partition coefficient (Wildman–Crippen LogP) is 4.74. The molecule has 6 rings (SSSR count). The highest BCUT2D eigenvalue weighted by atomic mass is 35.5. The van der Waals surface area contributed by atoms with Crippen molar-refractivity contribution < 1.29 is 9.13 Å². The van der Waals surface area contributed by atoms with Gasteiger partial charge in [0, 0.05) is 35.6 Å². The van der Waals surface area contributed by atoms with Crippen LogP contribution in [0.1, 0.15) is 18.5 Å². The lowest BCUT2D eigenvalue weighted by Gasteiger charge is -2.19. The van der Waals surface area contributed by atoms with Gasteiger partial charge in [0.2, 0.25) is 0 Å². The molecule has 35 heavy (non-hydrogen) atoms. The fourth-order valence-corrected chi connectivity index (χ4v) is 5.97. The second kappa shape index (κ2) is 8.98. The average molecular weight is 511 g/mol. The normalized spacial score (nSPS) is 18.6. The maximum atomic E-state index is 16.3. The first-order valence-electron chi connectivity index (χ1n) is 11.6. The zero-order valence-electron chi connectivity index (χ0n) is 19.1. The third-order valence-electron chi connectivity index (χ3n) is 6.76. The molecule has 180 valence electrons. The number of fused-ring (bicyclic) bond motifs is 2. The molecule has 1 saturated heterocycles. The third-order valence-corrected chi connectivity index (χ3v) is 7.90. The lowest BCUT2D eigenvalue weighted by molar-refractivity contribution is 0.188. The van der Waals surface area contributed by atoms with Gasteiger partial charge in [0.1, 0.15) is 12.1 Å². The fraction of sp³-hybridized carbons (Fsp3) is 0.320. The van der Waals surface area contributed by atoms with Gasteiger partial charge in [-0.15, -0.1) is 0 Å². The van der Waals surface area contributed by atoms with Crippen LogP contribution < -0.4 is 15.8 Å². The topological polar surface area (TPSA) is 89.2 Å². The molecule has 2 aromatic carbocycles. The quantitative estimate of drug-likeness (QED) is 0.401. The van der Waals surface area contributed by atoms with Crippen LogP contribution in [0.3, 0.4) is 0 Å². The minimum atomic E-state index is -0.524. The molecular weight excluding hydrogens is 487 g/mol. The molecule has 2 aliphatic heterocycles. The lowest BCUT2D eigenvalue weighted by Crippen LogP contribution is -2.31. The Morgan fingerprint density at radius 1 is 1.29 bits per heavy atom. The van der Waals surface area contributed by atoms with Crippen molar-refractivity contribution in [1.29, 1.82) is 0 Å². The summed E-state index contributed by atoms with van der Waals surface area (Å²) in [5, 5.41) is 4.53. The second-order valence-corrected chi connectivity index (χ2v) is 10.4. The number of ether oxygens (including phenoxy) is 1. The number of nitrogens with one attached hydrogen (secondary N) is 1. The zero-order chi connectivity index (χ0) is 24.1. The number of para-hydroxylation sites is 1. The number of nitrogens with zero attached hydrogens (tertiary/aromatic N) is 4. The van der Waals surface area contributed by atoms with Crippen LogP contribution in [0, 0.1) is 5.82 Å². The van der Waals surface area contributed by atoms with E-state index in [9.17, 15) is 0 Å². The van der Waals surface area contributed by atoms with Gasteiger partial charge in [-0.25, -0.2) is 9.37 Å². The average Bonchev–Trinajstić information content (AvgIpc) is 3.59. The Labute approximate surface area is 210 Å². The molecule has 0 aliphatic carbocycles. The molecule has 7 nitrogen and oxygen atoms in total. The molecule has 2 aliphatic rings. The SMILES string of the molecule is CN1CCC[C@H]1COc1nc(C2=CCNC2)c2cc(Cl)c(-c3cccc4sc(N)nc34)c(F)c2n1. The molecule has 10 heteroatoms. The molecule has 4 heterocycles. The molecule has 4 aromatic rings. The van der Waals surface area contributed by atoms with Crippen LogP contribution in [-0.4, -0.2) is 59.2 Å². The molecule has 0 unspecified atom stereocenters. The van der Waals surface area contributed by atoms with Crippen LogP contribution in [0.4, 0.5) is 9.52 Å². The van der Waals surface area contributed by atoms with Gasteiger partial charge in [0.25, 0.3) is 0 Å². The minimum absolute atomic E-state index is 0.170. The maximum Gasteiger partial charge on any atom is 0.317 e. The fourth-order valence-electron chi connectivity index (χ4n) is 4.91. The summed E-state index contributed by atoms with van der Waals surface area (Å²) in [5.41, 5.74) is 9.17. The van der Waals surface area contributed by atoms with Crippen LogP contribution in [0.15, 0.2) is 30.3 Å². The Hall–Kier alpha value is -2.85. The first-order chi connectivity index (χ1) is 17.0. The molecule has 0 bridgehead atoms. The maximum absolute atomic E-state index is 16.3. The van der Waals surface area contributed by atoms with Crippen molar-refractivity contribution in [2.75, 3.05) is 39.0 Å². The summed E-state index contributed by atoms with van der Waals surface area (Å²) in [7, 11) is 2.09. The number of nitrogens with two attached hydrogens (primary N) is 1. The number of hydrogen-bond acceptors (Lipinski definition) is 8. The van der Waals surface area contributed by atoms with Crippen molar-refractivity contribution in [3.63, 3.8) is 0 Å². The first kappa shape index (κ1) is 22.6. The van der Waals surface area contributed by atoms with Gasteiger partial charge in [0.15, 0.2) is 10.9 Å². The molecule has 1 fully saturated rings. The summed E-state index contributed by atoms with van der Waals surface area (Å²) >= 11 is 8.06. The number of thiazole rings is 1. The largest absolute Gasteiger partial charge is 0.462 e. The van der Waals surface area contributed by atoms with Crippen molar-refractivity contribution in [3.8, 4) is 17.1 Å². The number of benzene rings is 2. The summed E-state index contributed by atoms with van der Waals surface area (Å²) < 4.78 is 23.2. The molecule has 2 aromatic heterocycles. The lowest BCUT2D eigenvalue weighted by atomic mass is 9.99. The number of likely N-dealkylation sites (N-methyl/N-ethyl adjacent to an activating group) is 1. The van der Waals surface area contributed by atoms with Gasteiger partial charge in [0.05, 0.1) is 20.9 Å². The number of anilines is 1. The number of nitrogen functional groups attached to an aromatic ring is 1. The molecule has 0 amide bonds. The van der Waals surface area contributed by atoms with Gasteiger partial charge in [-0.3, -0.25) is 0 Å². The van der Waals surface area contributed by atoms with Gasteiger partial charge >= 0.3 is 6.01 Å². The molecule has 0 saturated carbocycles. The van der Waals surface area contributed by atoms with E-state index >= 15 is 4.39 Å². The van der Waals surface area contributed by atoms with Gasteiger partial charge in [-0.2, -0.15) is 9.97 Å². The van der Waals surface area contributed by atoms with E-state index in [4.69, 9.17) is 27.1 Å². The zero-order valence-corrected chi connectivity index (χ0v) is 20.7. The number of aromatic nitrogens is 3.